The minimum absolute atomic E-state index is 0.305. The van der Waals surface area contributed by atoms with Gasteiger partial charge >= 0.3 is 5.97 Å². The van der Waals surface area contributed by atoms with E-state index in [9.17, 15) is 4.79 Å². The van der Waals surface area contributed by atoms with Crippen molar-refractivity contribution in [1.29, 1.82) is 0 Å². The van der Waals surface area contributed by atoms with Crippen LogP contribution < -0.4 is 0 Å². The number of benzene rings is 1. The zero-order valence-electron chi connectivity index (χ0n) is 13.3. The second-order valence-corrected chi connectivity index (χ2v) is 6.01. The number of carbonyl (C=O) groups excluding carboxylic acids is 1. The standard InChI is InChI=1S/C18H25NO2/c1-14(2)6-5-7-15(3)12-13-21-18(20)16-8-10-17(19-4)11-9-16/h8-11,14-15H,5-7,12-13H2,1-3H3. The molecule has 0 saturated carbocycles. The van der Waals surface area contributed by atoms with Crippen molar-refractivity contribution in [2.75, 3.05) is 6.61 Å². The Balaban J connectivity index is 2.25. The predicted octanol–water partition coefficient (Wildman–Crippen LogP) is 5.25. The molecule has 3 heteroatoms. The molecule has 1 unspecified atom stereocenters. The Hall–Kier alpha value is -1.82. The van der Waals surface area contributed by atoms with Gasteiger partial charge < -0.3 is 4.74 Å². The molecular weight excluding hydrogens is 262 g/mol. The second-order valence-electron chi connectivity index (χ2n) is 6.01. The summed E-state index contributed by atoms with van der Waals surface area (Å²) in [6, 6.07) is 6.56. The van der Waals surface area contributed by atoms with E-state index in [1.807, 2.05) is 0 Å². The zero-order chi connectivity index (χ0) is 15.7. The van der Waals surface area contributed by atoms with Crippen LogP contribution in [0.5, 0.6) is 0 Å². The molecule has 114 valence electrons. The van der Waals surface area contributed by atoms with Crippen LogP contribution in [0.3, 0.4) is 0 Å². The van der Waals surface area contributed by atoms with Crippen LogP contribution in [0, 0.1) is 18.4 Å². The fourth-order valence-electron chi connectivity index (χ4n) is 2.13. The highest BCUT2D eigenvalue weighted by Gasteiger charge is 2.08. The van der Waals surface area contributed by atoms with Crippen LogP contribution in [0.25, 0.3) is 4.85 Å². The summed E-state index contributed by atoms with van der Waals surface area (Å²) in [7, 11) is 0. The van der Waals surface area contributed by atoms with Crippen LogP contribution in [-0.2, 0) is 4.74 Å². The van der Waals surface area contributed by atoms with Crippen molar-refractivity contribution in [1.82, 2.24) is 0 Å². The molecule has 1 atom stereocenters. The van der Waals surface area contributed by atoms with Crippen molar-refractivity contribution in [3.8, 4) is 0 Å². The predicted molar refractivity (Wildman–Crippen MR) is 85.5 cm³/mol. The Bertz CT molecular complexity index is 471. The lowest BCUT2D eigenvalue weighted by Crippen LogP contribution is -2.09. The van der Waals surface area contributed by atoms with E-state index in [-0.39, 0.29) is 5.97 Å². The first kappa shape index (κ1) is 17.2. The third-order valence-electron chi connectivity index (χ3n) is 3.55. The van der Waals surface area contributed by atoms with Gasteiger partial charge in [0.25, 0.3) is 0 Å². The number of esters is 1. The highest BCUT2D eigenvalue weighted by molar-refractivity contribution is 5.89. The summed E-state index contributed by atoms with van der Waals surface area (Å²) < 4.78 is 5.28. The summed E-state index contributed by atoms with van der Waals surface area (Å²) in [5.74, 6) is 1.04. The molecule has 0 bridgehead atoms. The van der Waals surface area contributed by atoms with E-state index in [4.69, 9.17) is 11.3 Å². The number of carbonyl (C=O) groups is 1. The summed E-state index contributed by atoms with van der Waals surface area (Å²) in [4.78, 5) is 15.1. The molecule has 1 aromatic rings. The minimum atomic E-state index is -0.305. The van der Waals surface area contributed by atoms with Crippen molar-refractivity contribution in [2.45, 2.75) is 46.5 Å². The van der Waals surface area contributed by atoms with Crippen LogP contribution in [0.1, 0.15) is 56.8 Å². The fourth-order valence-corrected chi connectivity index (χ4v) is 2.13. The molecule has 0 aliphatic heterocycles. The highest BCUT2D eigenvalue weighted by Crippen LogP contribution is 2.16. The quantitative estimate of drug-likeness (QED) is 0.483. The normalized spacial score (nSPS) is 12.0. The Morgan fingerprint density at radius 2 is 1.81 bits per heavy atom. The largest absolute Gasteiger partial charge is 0.462 e. The number of rotatable bonds is 8. The molecule has 0 fully saturated rings. The molecule has 0 amide bonds. The number of hydrogen-bond acceptors (Lipinski definition) is 2. The highest BCUT2D eigenvalue weighted by atomic mass is 16.5. The third-order valence-corrected chi connectivity index (χ3v) is 3.55. The van der Waals surface area contributed by atoms with Crippen LogP contribution in [0.4, 0.5) is 5.69 Å². The number of hydrogen-bond donors (Lipinski definition) is 0. The molecule has 1 rings (SSSR count). The van der Waals surface area contributed by atoms with E-state index in [0.717, 1.165) is 12.3 Å². The molecular formula is C18H25NO2. The smallest absolute Gasteiger partial charge is 0.338 e. The molecule has 0 saturated heterocycles. The van der Waals surface area contributed by atoms with E-state index in [0.29, 0.717) is 23.8 Å². The van der Waals surface area contributed by atoms with Crippen LogP contribution >= 0.6 is 0 Å². The van der Waals surface area contributed by atoms with Gasteiger partial charge in [-0.3, -0.25) is 0 Å². The van der Waals surface area contributed by atoms with Crippen LogP contribution in [0.2, 0.25) is 0 Å². The molecule has 0 radical (unpaired) electrons. The summed E-state index contributed by atoms with van der Waals surface area (Å²) in [6.45, 7) is 14.0. The van der Waals surface area contributed by atoms with E-state index in [1.54, 1.807) is 24.3 Å². The molecule has 0 aromatic heterocycles. The maximum absolute atomic E-state index is 11.8. The van der Waals surface area contributed by atoms with Crippen molar-refractivity contribution in [2.24, 2.45) is 11.8 Å². The first-order valence-electron chi connectivity index (χ1n) is 7.67. The van der Waals surface area contributed by atoms with Gasteiger partial charge in [0.15, 0.2) is 5.69 Å². The molecule has 0 heterocycles. The maximum atomic E-state index is 11.8. The van der Waals surface area contributed by atoms with Crippen LogP contribution in [0.15, 0.2) is 24.3 Å². The molecule has 21 heavy (non-hydrogen) atoms. The Morgan fingerprint density at radius 3 is 2.38 bits per heavy atom. The van der Waals surface area contributed by atoms with Gasteiger partial charge in [-0.15, -0.1) is 0 Å². The molecule has 0 aliphatic carbocycles. The van der Waals surface area contributed by atoms with Gasteiger partial charge in [-0.1, -0.05) is 64.3 Å². The minimum Gasteiger partial charge on any atom is -0.462 e. The van der Waals surface area contributed by atoms with E-state index < -0.39 is 0 Å². The van der Waals surface area contributed by atoms with Crippen LogP contribution in [-0.4, -0.2) is 12.6 Å². The van der Waals surface area contributed by atoms with Gasteiger partial charge in [0.05, 0.1) is 18.7 Å². The SMILES string of the molecule is [C-]#[N+]c1ccc(C(=O)OCCC(C)CCCC(C)C)cc1. The van der Waals surface area contributed by atoms with Gasteiger partial charge in [-0.25, -0.2) is 9.64 Å². The molecule has 3 nitrogen and oxygen atoms in total. The van der Waals surface area contributed by atoms with Crippen molar-refractivity contribution >= 4 is 11.7 Å². The summed E-state index contributed by atoms with van der Waals surface area (Å²) in [6.07, 6.45) is 4.60. The number of nitrogens with zero attached hydrogens (tertiary/aromatic N) is 1. The first-order valence-corrected chi connectivity index (χ1v) is 7.67. The summed E-state index contributed by atoms with van der Waals surface area (Å²) in [5, 5.41) is 0. The lowest BCUT2D eigenvalue weighted by Gasteiger charge is -2.12. The third kappa shape index (κ3) is 6.94. The van der Waals surface area contributed by atoms with Gasteiger partial charge in [0, 0.05) is 0 Å². The van der Waals surface area contributed by atoms with E-state index in [2.05, 4.69) is 25.6 Å². The summed E-state index contributed by atoms with van der Waals surface area (Å²) >= 11 is 0. The monoisotopic (exact) mass is 287 g/mol. The van der Waals surface area contributed by atoms with Crippen molar-refractivity contribution in [3.05, 3.63) is 41.2 Å². The maximum Gasteiger partial charge on any atom is 0.338 e. The topological polar surface area (TPSA) is 30.7 Å². The Labute approximate surface area is 128 Å². The van der Waals surface area contributed by atoms with Crippen molar-refractivity contribution < 1.29 is 9.53 Å². The Morgan fingerprint density at radius 1 is 1.14 bits per heavy atom. The molecule has 0 N–H and O–H groups in total. The average molecular weight is 287 g/mol. The lowest BCUT2D eigenvalue weighted by atomic mass is 9.98. The second kappa shape index (κ2) is 9.18. The fraction of sp³-hybridized carbons (Fsp3) is 0.556. The van der Waals surface area contributed by atoms with Gasteiger partial charge in [-0.2, -0.15) is 0 Å². The van der Waals surface area contributed by atoms with Gasteiger partial charge in [0.1, 0.15) is 0 Å². The van der Waals surface area contributed by atoms with E-state index >= 15 is 0 Å². The summed E-state index contributed by atoms with van der Waals surface area (Å²) in [5.41, 5.74) is 1.04. The Kier molecular flexibility index (Phi) is 7.53. The van der Waals surface area contributed by atoms with Gasteiger partial charge in [0.2, 0.25) is 0 Å². The van der Waals surface area contributed by atoms with E-state index in [1.165, 1.54) is 19.3 Å². The average Bonchev–Trinajstić information content (AvgIpc) is 2.46. The molecule has 0 spiro atoms. The van der Waals surface area contributed by atoms with Gasteiger partial charge in [-0.05, 0) is 18.3 Å². The lowest BCUT2D eigenvalue weighted by molar-refractivity contribution is 0.0483. The number of ether oxygens (including phenoxy) is 1. The molecule has 1 aromatic carbocycles. The van der Waals surface area contributed by atoms with Crippen molar-refractivity contribution in [3.63, 3.8) is 0 Å². The first-order chi connectivity index (χ1) is 10.0. The molecule has 0 aliphatic rings. The zero-order valence-corrected chi connectivity index (χ0v) is 13.3.